The third-order valence-electron chi connectivity index (χ3n) is 5.45. The summed E-state index contributed by atoms with van der Waals surface area (Å²) in [5.74, 6) is -1.05. The first kappa shape index (κ1) is 23.0. The molecule has 0 saturated heterocycles. The maximum absolute atomic E-state index is 13.9. The smallest absolute Gasteiger partial charge is 0.337 e. The van der Waals surface area contributed by atoms with Crippen molar-refractivity contribution in [2.75, 3.05) is 7.11 Å². The van der Waals surface area contributed by atoms with E-state index in [1.807, 2.05) is 59.1 Å². The molecule has 4 aromatic rings. The Morgan fingerprint density at radius 1 is 0.794 bits per heavy atom. The maximum atomic E-state index is 13.9. The monoisotopic (exact) mass is 455 g/mol. The topological polar surface area (TPSA) is 74.1 Å². The van der Waals surface area contributed by atoms with Crippen molar-refractivity contribution in [1.29, 1.82) is 0 Å². The molecule has 6 nitrogen and oxygen atoms in total. The molecular formula is C28H25NO5. The van der Waals surface area contributed by atoms with E-state index in [1.165, 1.54) is 19.2 Å². The van der Waals surface area contributed by atoms with Crippen LogP contribution in [0.4, 0.5) is 0 Å². The Hall–Kier alpha value is -4.19. The Labute approximate surface area is 197 Å². The van der Waals surface area contributed by atoms with E-state index in [2.05, 4.69) is 0 Å². The highest BCUT2D eigenvalue weighted by molar-refractivity contribution is 6.17. The van der Waals surface area contributed by atoms with Crippen LogP contribution in [0.2, 0.25) is 0 Å². The van der Waals surface area contributed by atoms with Gasteiger partial charge in [0, 0.05) is 11.8 Å². The lowest BCUT2D eigenvalue weighted by Gasteiger charge is -2.17. The zero-order valence-corrected chi connectivity index (χ0v) is 19.5. The van der Waals surface area contributed by atoms with Crippen molar-refractivity contribution in [3.8, 4) is 17.0 Å². The zero-order chi connectivity index (χ0) is 24.5. The van der Waals surface area contributed by atoms with Crippen LogP contribution in [-0.4, -0.2) is 29.2 Å². The molecule has 2 heterocycles. The molecule has 0 atom stereocenters. The van der Waals surface area contributed by atoms with Gasteiger partial charge in [-0.05, 0) is 50.6 Å². The highest BCUT2D eigenvalue weighted by atomic mass is 16.5. The molecule has 0 saturated carbocycles. The van der Waals surface area contributed by atoms with Crippen LogP contribution >= 0.6 is 0 Å². The number of ketones is 1. The number of nitrogens with zero attached hydrogens (tertiary/aromatic N) is 1. The summed E-state index contributed by atoms with van der Waals surface area (Å²) in [5, 5.41) is 0. The zero-order valence-electron chi connectivity index (χ0n) is 19.5. The number of methoxy groups -OCH3 is 1. The van der Waals surface area contributed by atoms with Gasteiger partial charge >= 0.3 is 11.9 Å². The van der Waals surface area contributed by atoms with Crippen LogP contribution in [0.5, 0.6) is 5.75 Å². The van der Waals surface area contributed by atoms with Crippen molar-refractivity contribution in [1.82, 2.24) is 4.40 Å². The molecule has 0 aliphatic heterocycles. The summed E-state index contributed by atoms with van der Waals surface area (Å²) in [6.45, 7) is 5.29. The average molecular weight is 456 g/mol. The van der Waals surface area contributed by atoms with Crippen molar-refractivity contribution in [3.05, 3.63) is 95.7 Å². The van der Waals surface area contributed by atoms with Gasteiger partial charge in [0.15, 0.2) is 11.5 Å². The van der Waals surface area contributed by atoms with Crippen molar-refractivity contribution >= 4 is 23.2 Å². The molecule has 34 heavy (non-hydrogen) atoms. The van der Waals surface area contributed by atoms with Crippen LogP contribution in [-0.2, 0) is 9.53 Å². The van der Waals surface area contributed by atoms with Crippen LogP contribution in [0.3, 0.4) is 0 Å². The molecule has 0 spiro atoms. The van der Waals surface area contributed by atoms with Crippen molar-refractivity contribution in [2.24, 2.45) is 5.41 Å². The number of benzene rings is 2. The van der Waals surface area contributed by atoms with E-state index < -0.39 is 17.4 Å². The minimum Gasteiger partial charge on any atom is -0.465 e. The molecule has 0 unspecified atom stereocenters. The van der Waals surface area contributed by atoms with E-state index in [1.54, 1.807) is 32.9 Å². The average Bonchev–Trinajstić information content (AvgIpc) is 3.17. The van der Waals surface area contributed by atoms with Gasteiger partial charge in [-0.25, -0.2) is 4.79 Å². The Morgan fingerprint density at radius 2 is 1.41 bits per heavy atom. The van der Waals surface area contributed by atoms with Gasteiger partial charge in [0.05, 0.1) is 34.9 Å². The van der Waals surface area contributed by atoms with Gasteiger partial charge in [-0.15, -0.1) is 0 Å². The minimum atomic E-state index is -0.765. The molecule has 0 radical (unpaired) electrons. The maximum Gasteiger partial charge on any atom is 0.337 e. The Balaban J connectivity index is 1.96. The fourth-order valence-electron chi connectivity index (χ4n) is 3.64. The molecule has 0 bridgehead atoms. The number of esters is 2. The summed E-state index contributed by atoms with van der Waals surface area (Å²) in [7, 11) is 1.30. The molecular weight excluding hydrogens is 430 g/mol. The number of hydrogen-bond acceptors (Lipinski definition) is 5. The normalized spacial score (nSPS) is 11.3. The van der Waals surface area contributed by atoms with Gasteiger partial charge in [0.1, 0.15) is 0 Å². The number of ether oxygens (including phenoxy) is 2. The largest absolute Gasteiger partial charge is 0.465 e. The Bertz CT molecular complexity index is 1380. The summed E-state index contributed by atoms with van der Waals surface area (Å²) in [6.07, 6.45) is 1.84. The van der Waals surface area contributed by atoms with Crippen molar-refractivity contribution < 1.29 is 23.9 Å². The molecule has 0 aliphatic carbocycles. The van der Waals surface area contributed by atoms with Crippen molar-refractivity contribution in [3.63, 3.8) is 0 Å². The predicted octanol–water partition coefficient (Wildman–Crippen LogP) is 5.58. The molecule has 6 heteroatoms. The highest BCUT2D eigenvalue weighted by Crippen LogP contribution is 2.40. The lowest BCUT2D eigenvalue weighted by Crippen LogP contribution is -2.26. The molecule has 2 aromatic heterocycles. The van der Waals surface area contributed by atoms with Gasteiger partial charge in [-0.1, -0.05) is 48.5 Å². The van der Waals surface area contributed by atoms with Crippen LogP contribution in [0.1, 0.15) is 47.1 Å². The van der Waals surface area contributed by atoms with E-state index >= 15 is 0 Å². The van der Waals surface area contributed by atoms with E-state index in [9.17, 15) is 14.4 Å². The Morgan fingerprint density at radius 3 is 2.03 bits per heavy atom. The first-order valence-corrected chi connectivity index (χ1v) is 10.9. The van der Waals surface area contributed by atoms with E-state index in [-0.39, 0.29) is 17.1 Å². The summed E-state index contributed by atoms with van der Waals surface area (Å²) in [5.41, 5.74) is 2.23. The van der Waals surface area contributed by atoms with Crippen LogP contribution in [0.25, 0.3) is 16.8 Å². The quantitative estimate of drug-likeness (QED) is 0.290. The first-order valence-electron chi connectivity index (χ1n) is 10.9. The third kappa shape index (κ3) is 4.22. The second-order valence-electron chi connectivity index (χ2n) is 8.91. The number of hydrogen-bond donors (Lipinski definition) is 0. The third-order valence-corrected chi connectivity index (χ3v) is 5.45. The summed E-state index contributed by atoms with van der Waals surface area (Å²) in [6, 6.07) is 21.2. The van der Waals surface area contributed by atoms with Gasteiger partial charge < -0.3 is 13.9 Å². The fourth-order valence-corrected chi connectivity index (χ4v) is 3.64. The van der Waals surface area contributed by atoms with E-state index in [0.29, 0.717) is 22.3 Å². The van der Waals surface area contributed by atoms with Crippen LogP contribution in [0.15, 0.2) is 79.0 Å². The minimum absolute atomic E-state index is 0.210. The molecule has 0 aliphatic rings. The number of carbonyl (C=O) groups is 3. The standard InChI is InChI=1S/C28H25NO5/c1-28(2,3)27(32)34-25-21-12-8-9-17-29(21)23(18-10-6-5-7-11-18)22(25)24(30)19-13-15-20(16-14-19)26(31)33-4/h5-17H,1-4H3. The Kier molecular flexibility index (Phi) is 6.07. The lowest BCUT2D eigenvalue weighted by molar-refractivity contribution is -0.142. The molecule has 0 amide bonds. The summed E-state index contributed by atoms with van der Waals surface area (Å²) < 4.78 is 12.5. The first-order chi connectivity index (χ1) is 16.2. The number of fused-ring (bicyclic) bond motifs is 1. The van der Waals surface area contributed by atoms with Crippen molar-refractivity contribution in [2.45, 2.75) is 20.8 Å². The summed E-state index contributed by atoms with van der Waals surface area (Å²) in [4.78, 5) is 38.6. The second kappa shape index (κ2) is 8.98. The second-order valence-corrected chi connectivity index (χ2v) is 8.91. The fraction of sp³-hybridized carbons (Fsp3) is 0.179. The molecule has 0 N–H and O–H groups in total. The van der Waals surface area contributed by atoms with Crippen LogP contribution in [0, 0.1) is 5.41 Å². The lowest BCUT2D eigenvalue weighted by atomic mass is 9.96. The molecule has 0 fully saturated rings. The highest BCUT2D eigenvalue weighted by Gasteiger charge is 2.31. The van der Waals surface area contributed by atoms with Gasteiger partial charge in [-0.2, -0.15) is 0 Å². The molecule has 2 aromatic carbocycles. The number of carbonyl (C=O) groups excluding carboxylic acids is 3. The predicted molar refractivity (Wildman–Crippen MR) is 129 cm³/mol. The summed E-state index contributed by atoms with van der Waals surface area (Å²) >= 11 is 0. The van der Waals surface area contributed by atoms with Gasteiger partial charge in [-0.3, -0.25) is 9.59 Å². The van der Waals surface area contributed by atoms with E-state index in [4.69, 9.17) is 9.47 Å². The number of rotatable bonds is 5. The van der Waals surface area contributed by atoms with Gasteiger partial charge in [0.25, 0.3) is 0 Å². The SMILES string of the molecule is COC(=O)c1ccc(C(=O)c2c(OC(=O)C(C)(C)C)c3ccccn3c2-c2ccccc2)cc1. The molecule has 172 valence electrons. The molecule has 4 rings (SSSR count). The van der Waals surface area contributed by atoms with Crippen LogP contribution < -0.4 is 4.74 Å². The number of aromatic nitrogens is 1. The van der Waals surface area contributed by atoms with E-state index in [0.717, 1.165) is 5.56 Å². The van der Waals surface area contributed by atoms with Gasteiger partial charge in [0.2, 0.25) is 0 Å². The number of pyridine rings is 1.